The van der Waals surface area contributed by atoms with Crippen molar-refractivity contribution in [2.75, 3.05) is 0 Å². The Bertz CT molecular complexity index is 3260. The summed E-state index contributed by atoms with van der Waals surface area (Å²) in [6.07, 6.45) is -75.6. The Morgan fingerprint density at radius 1 is 0.156 bits per heavy atom. The average Bonchev–Trinajstić information content (AvgIpc) is 0.722. The van der Waals surface area contributed by atoms with Crippen LogP contribution in [0.3, 0.4) is 0 Å². The number of halogens is 36. The van der Waals surface area contributed by atoms with E-state index in [1.807, 2.05) is 0 Å². The molecule has 48 heteroatoms. The molecule has 0 aliphatic carbocycles. The molecule has 0 aromatic heterocycles. The lowest BCUT2D eigenvalue weighted by Crippen LogP contribution is -2.16. The van der Waals surface area contributed by atoms with Gasteiger partial charge in [-0.2, -0.15) is 158 Å². The number of benzene rings is 6. The molecule has 528 valence electrons. The summed E-state index contributed by atoms with van der Waals surface area (Å²) in [6, 6.07) is -15.9. The van der Waals surface area contributed by atoms with Crippen LogP contribution in [0.4, 0.5) is 158 Å². The van der Waals surface area contributed by atoms with Crippen LogP contribution < -0.4 is 27.1 Å². The Balaban J connectivity index is 1.92. The first-order chi connectivity index (χ1) is 42.9. The van der Waals surface area contributed by atoms with Crippen molar-refractivity contribution in [1.29, 1.82) is 0 Å². The number of hydrogen-bond acceptors (Lipinski definition) is 9. The molecule has 96 heavy (non-hydrogen) atoms. The molecule has 6 aromatic rings. The number of hydrogen-bond donors (Lipinski definition) is 0. The maximum atomic E-state index is 14.6. The van der Waals surface area contributed by atoms with Gasteiger partial charge in [-0.05, 0) is 109 Å². The third kappa shape index (κ3) is 18.5. The zero-order valence-electron chi connectivity index (χ0n) is 44.1. The van der Waals surface area contributed by atoms with Gasteiger partial charge in [0.15, 0.2) is 0 Å². The highest BCUT2D eigenvalue weighted by molar-refractivity contribution is 7.79. The smallest absolute Gasteiger partial charge is 0.413 e. The third-order valence-electron chi connectivity index (χ3n) is 11.4. The van der Waals surface area contributed by atoms with E-state index in [9.17, 15) is 158 Å². The third-order valence-corrected chi connectivity index (χ3v) is 19.5. The zero-order chi connectivity index (χ0) is 73.0. The lowest BCUT2D eigenvalue weighted by molar-refractivity contribution is -0.144. The fourth-order valence-corrected chi connectivity index (χ4v) is 16.4. The van der Waals surface area contributed by atoms with Gasteiger partial charge in [0.1, 0.15) is 34.5 Å². The predicted octanol–water partition coefficient (Wildman–Crippen LogP) is 24.5. The van der Waals surface area contributed by atoms with Crippen LogP contribution in [0.25, 0.3) is 0 Å². The van der Waals surface area contributed by atoms with Crippen LogP contribution in [-0.4, -0.2) is 0 Å². The van der Waals surface area contributed by atoms with Crippen LogP contribution >= 0.6 is 23.0 Å². The second-order valence-corrected chi connectivity index (χ2v) is 24.9. The fraction of sp³-hybridized carbons (Fsp3) is 0.250. The minimum atomic E-state index is -7.76. The Morgan fingerprint density at radius 2 is 0.240 bits per heavy atom. The van der Waals surface area contributed by atoms with Crippen LogP contribution in [0.2, 0.25) is 0 Å². The Kier molecular flexibility index (Phi) is 19.2. The van der Waals surface area contributed by atoms with E-state index in [-0.39, 0.29) is 0 Å². The molecule has 0 bridgehead atoms. The summed E-state index contributed by atoms with van der Waals surface area (Å²) >= 11 is 0. The van der Waals surface area contributed by atoms with E-state index in [2.05, 4.69) is 13.5 Å². The minimum absolute atomic E-state index is 0.857. The molecule has 0 amide bonds. The molecule has 0 saturated heterocycles. The highest BCUT2D eigenvalue weighted by Crippen LogP contribution is 2.79. The average molecular weight is 1510 g/mol. The summed E-state index contributed by atoms with van der Waals surface area (Å²) in [7, 11) is -23.3. The van der Waals surface area contributed by atoms with Crippen LogP contribution in [-0.2, 0) is 74.1 Å². The summed E-state index contributed by atoms with van der Waals surface area (Å²) in [6.45, 7) is 0. The molecule has 0 spiro atoms. The van der Waals surface area contributed by atoms with E-state index in [0.29, 0.717) is 0 Å². The van der Waals surface area contributed by atoms with E-state index in [1.54, 1.807) is 0 Å². The molecule has 1 aliphatic rings. The summed E-state index contributed by atoms with van der Waals surface area (Å²) < 4.78 is 565. The second kappa shape index (κ2) is 24.4. The molecule has 1 aliphatic heterocycles. The summed E-state index contributed by atoms with van der Waals surface area (Å²) in [5.74, 6) is -15.4. The summed E-state index contributed by atoms with van der Waals surface area (Å²) in [5, 5.41) is 0. The molecule has 1 heterocycles. The Morgan fingerprint density at radius 3 is 0.312 bits per heavy atom. The topological polar surface area (TPSA) is 92.5 Å². The molecule has 0 unspecified atom stereocenters. The molecule has 0 radical (unpaired) electrons. The second-order valence-electron chi connectivity index (χ2n) is 18.7. The number of rotatable bonds is 12. The van der Waals surface area contributed by atoms with Crippen molar-refractivity contribution in [1.82, 2.24) is 0 Å². The van der Waals surface area contributed by atoms with Crippen LogP contribution in [0.5, 0.6) is 34.5 Å². The van der Waals surface area contributed by atoms with Crippen molar-refractivity contribution in [2.45, 2.75) is 74.1 Å². The van der Waals surface area contributed by atoms with Gasteiger partial charge in [0.05, 0.1) is 66.8 Å². The van der Waals surface area contributed by atoms with E-state index in [0.717, 1.165) is 0 Å². The lowest BCUT2D eigenvalue weighted by atomic mass is 10.1. The van der Waals surface area contributed by atoms with Gasteiger partial charge in [-0.1, -0.05) is 13.5 Å². The van der Waals surface area contributed by atoms with Gasteiger partial charge < -0.3 is 27.1 Å². The molecule has 6 aromatic carbocycles. The molecule has 0 fully saturated rings. The molecule has 7 rings (SSSR count). The van der Waals surface area contributed by atoms with Crippen molar-refractivity contribution in [3.8, 4) is 34.5 Å². The maximum absolute atomic E-state index is 14.6. The minimum Gasteiger partial charge on any atom is -0.413 e. The van der Waals surface area contributed by atoms with Gasteiger partial charge in [-0.3, -0.25) is 0 Å². The van der Waals surface area contributed by atoms with Crippen molar-refractivity contribution >= 4 is 23.0 Å². The number of alkyl halides is 36. The van der Waals surface area contributed by atoms with E-state index in [1.165, 1.54) is 0 Å². The Hall–Kier alpha value is -7.71. The standard InChI is InChI=1S/C48H18F36N3O6P3/c49-37(50,51)19-1-20(38(52,53)54)8-31(7-19)88-94(89-32-9-21(39(55,56)57)2-22(10-32)40(58,59)60)85-95(90-33-11-23(41(61,62)63)3-24(12-33)42(64,65)66,91-34-13-25(43(67,68)69)4-26(14-34)44(70,71)72)87-96(86-94,92-35-15-27(45(73,74)75)5-28(16-35)46(76,77)78)93-36-17-29(47(79,80)81)6-30(18-36)48(82,83)84/h1-18H. The van der Waals surface area contributed by atoms with Gasteiger partial charge in [0, 0.05) is 0 Å². The fourth-order valence-electron chi connectivity index (χ4n) is 7.46. The van der Waals surface area contributed by atoms with Crippen molar-refractivity contribution in [2.24, 2.45) is 13.5 Å². The lowest BCUT2D eigenvalue weighted by Gasteiger charge is -2.34. The maximum Gasteiger partial charge on any atom is 0.460 e. The van der Waals surface area contributed by atoms with Gasteiger partial charge in [-0.25, -0.2) is 0 Å². The van der Waals surface area contributed by atoms with Gasteiger partial charge >= 0.3 is 97.1 Å². The first-order valence-corrected chi connectivity index (χ1v) is 28.3. The monoisotopic (exact) mass is 1510 g/mol. The SMILES string of the molecule is FC(F)(F)c1cc(OP2(Oc3cc(C(F)(F)F)cc(C(F)(F)F)c3)=NP(Oc3cc(C(F)(F)F)cc(C(F)(F)F)c3)(Oc3cc(C(F)(F)F)cc(C(F)(F)F)c3)=NP(Oc3cc(C(F)(F)F)cc(C(F)(F)F)c3)(Oc3cc(C(F)(F)F)cc(C(F)(F)F)c3)=N2)cc(C(F)(F)F)c1. The molecule has 9 nitrogen and oxygen atoms in total. The van der Waals surface area contributed by atoms with Crippen molar-refractivity contribution in [3.05, 3.63) is 176 Å². The van der Waals surface area contributed by atoms with Crippen LogP contribution in [0.15, 0.2) is 123 Å². The first kappa shape index (κ1) is 75.7. The largest absolute Gasteiger partial charge is 0.460 e. The molecular weight excluding hydrogens is 1490 g/mol. The normalized spacial score (nSPS) is 16.0. The quantitative estimate of drug-likeness (QED) is 0.0895. The van der Waals surface area contributed by atoms with Crippen molar-refractivity contribution < 1.29 is 185 Å². The van der Waals surface area contributed by atoms with Crippen LogP contribution in [0.1, 0.15) is 66.8 Å². The predicted molar refractivity (Wildman–Crippen MR) is 250 cm³/mol. The van der Waals surface area contributed by atoms with Crippen LogP contribution in [0, 0.1) is 0 Å². The first-order valence-electron chi connectivity index (χ1n) is 23.7. The molecule has 0 atom stereocenters. The van der Waals surface area contributed by atoms with E-state index < -0.39 is 308 Å². The van der Waals surface area contributed by atoms with Gasteiger partial charge in [0.2, 0.25) is 0 Å². The van der Waals surface area contributed by atoms with E-state index >= 15 is 0 Å². The summed E-state index contributed by atoms with van der Waals surface area (Å²) in [5.41, 5.74) is -33.6. The van der Waals surface area contributed by atoms with E-state index in [4.69, 9.17) is 27.1 Å². The molecule has 0 N–H and O–H groups in total. The highest BCUT2D eigenvalue weighted by Gasteiger charge is 2.53. The van der Waals surface area contributed by atoms with Crippen molar-refractivity contribution in [3.63, 3.8) is 0 Å². The zero-order valence-corrected chi connectivity index (χ0v) is 46.8. The Labute approximate surface area is 505 Å². The number of nitrogens with zero attached hydrogens (tertiary/aromatic N) is 3. The molecule has 0 saturated carbocycles. The van der Waals surface area contributed by atoms with Gasteiger partial charge in [-0.15, -0.1) is 0 Å². The van der Waals surface area contributed by atoms with Gasteiger partial charge in [0.25, 0.3) is 0 Å². The highest BCUT2D eigenvalue weighted by atomic mass is 31.3. The molecular formula is C48H18F36N3O6P3. The summed E-state index contributed by atoms with van der Waals surface area (Å²) in [4.78, 5) is 0.